The normalized spacial score (nSPS) is 11.7. The van der Waals surface area contributed by atoms with E-state index >= 15 is 0 Å². The molecule has 0 bridgehead atoms. The van der Waals surface area contributed by atoms with Crippen LogP contribution in [0.15, 0.2) is 61.2 Å². The van der Waals surface area contributed by atoms with Gasteiger partial charge in [0, 0.05) is 43.0 Å². The Bertz CT molecular complexity index is 1020. The fourth-order valence-corrected chi connectivity index (χ4v) is 2.84. The third kappa shape index (κ3) is 4.03. The molecule has 2 aromatic heterocycles. The molecule has 0 saturated carbocycles. The molecule has 0 saturated heterocycles. The Balaban J connectivity index is 1.94. The average Bonchev–Trinajstić information content (AvgIpc) is 2.72. The molecule has 28 heavy (non-hydrogen) atoms. The summed E-state index contributed by atoms with van der Waals surface area (Å²) in [5.74, 6) is -2.08. The molecule has 7 heteroatoms. The van der Waals surface area contributed by atoms with Crippen molar-refractivity contribution in [1.29, 1.82) is 0 Å². The topological polar surface area (TPSA) is 83.4 Å². The summed E-state index contributed by atoms with van der Waals surface area (Å²) >= 11 is 0. The number of amides is 1. The van der Waals surface area contributed by atoms with E-state index < -0.39 is 11.8 Å². The minimum absolute atomic E-state index is 0.0157. The number of carbonyl (C=O) groups is 2. The maximum atomic E-state index is 14.2. The second kappa shape index (κ2) is 7.96. The van der Waals surface area contributed by atoms with Gasteiger partial charge in [0.1, 0.15) is 5.82 Å². The lowest BCUT2D eigenvalue weighted by atomic mass is 10.0. The van der Waals surface area contributed by atoms with Crippen molar-refractivity contribution < 1.29 is 19.1 Å². The molecule has 0 aliphatic rings. The van der Waals surface area contributed by atoms with Crippen molar-refractivity contribution in [3.05, 3.63) is 83.7 Å². The summed E-state index contributed by atoms with van der Waals surface area (Å²) in [4.78, 5) is 33.4. The van der Waals surface area contributed by atoms with Gasteiger partial charge >= 0.3 is 5.97 Å². The zero-order valence-electron chi connectivity index (χ0n) is 15.3. The third-order valence-electron chi connectivity index (χ3n) is 4.55. The molecule has 0 aliphatic heterocycles. The van der Waals surface area contributed by atoms with E-state index in [-0.39, 0.29) is 23.1 Å². The summed E-state index contributed by atoms with van der Waals surface area (Å²) in [5.41, 5.74) is 1.85. The van der Waals surface area contributed by atoms with Crippen LogP contribution in [0.25, 0.3) is 11.1 Å². The molecule has 1 atom stereocenters. The predicted octanol–water partition coefficient (Wildman–Crippen LogP) is 3.81. The van der Waals surface area contributed by atoms with Crippen molar-refractivity contribution in [3.63, 3.8) is 0 Å². The predicted molar refractivity (Wildman–Crippen MR) is 101 cm³/mol. The summed E-state index contributed by atoms with van der Waals surface area (Å²) in [6.07, 6.45) is 5.93. The molecule has 1 amide bonds. The van der Waals surface area contributed by atoms with Crippen LogP contribution in [0.2, 0.25) is 0 Å². The van der Waals surface area contributed by atoms with Gasteiger partial charge in [-0.05, 0) is 54.4 Å². The van der Waals surface area contributed by atoms with Gasteiger partial charge in [0.15, 0.2) is 0 Å². The fourth-order valence-electron chi connectivity index (χ4n) is 2.84. The second-order valence-corrected chi connectivity index (χ2v) is 6.37. The molecule has 1 N–H and O–H groups in total. The Morgan fingerprint density at radius 3 is 2.36 bits per heavy atom. The van der Waals surface area contributed by atoms with E-state index in [4.69, 9.17) is 5.11 Å². The average molecular weight is 379 g/mol. The van der Waals surface area contributed by atoms with Crippen molar-refractivity contribution in [2.24, 2.45) is 0 Å². The lowest BCUT2D eigenvalue weighted by molar-refractivity contribution is 0.0694. The zero-order valence-corrected chi connectivity index (χ0v) is 15.3. The first-order valence-corrected chi connectivity index (χ1v) is 8.53. The summed E-state index contributed by atoms with van der Waals surface area (Å²) in [6.45, 7) is 1.87. The first-order valence-electron chi connectivity index (χ1n) is 8.53. The van der Waals surface area contributed by atoms with Gasteiger partial charge in [-0.25, -0.2) is 9.18 Å². The fraction of sp³-hybridized carbons (Fsp3) is 0.143. The van der Waals surface area contributed by atoms with Crippen LogP contribution in [0.1, 0.15) is 39.2 Å². The summed E-state index contributed by atoms with van der Waals surface area (Å²) in [5, 5.41) is 9.12. The van der Waals surface area contributed by atoms with Crippen molar-refractivity contribution in [2.75, 3.05) is 7.05 Å². The van der Waals surface area contributed by atoms with Gasteiger partial charge in [-0.3, -0.25) is 14.8 Å². The van der Waals surface area contributed by atoms with E-state index in [0.717, 1.165) is 11.6 Å². The Morgan fingerprint density at radius 2 is 1.68 bits per heavy atom. The van der Waals surface area contributed by atoms with Crippen molar-refractivity contribution in [3.8, 4) is 11.1 Å². The monoisotopic (exact) mass is 379 g/mol. The third-order valence-corrected chi connectivity index (χ3v) is 4.55. The Morgan fingerprint density at radius 1 is 1.00 bits per heavy atom. The SMILES string of the molecule is CC(c1ccncc1)N(C)C(=O)c1cc(F)cc(-c2cncc(C(=O)O)c2)c1. The molecule has 1 unspecified atom stereocenters. The number of carbonyl (C=O) groups excluding carboxylic acids is 1. The maximum Gasteiger partial charge on any atom is 0.337 e. The number of carboxylic acids is 1. The number of aromatic nitrogens is 2. The molecule has 3 aromatic rings. The quantitative estimate of drug-likeness (QED) is 0.729. The van der Waals surface area contributed by atoms with Crippen molar-refractivity contribution in [1.82, 2.24) is 14.9 Å². The number of hydrogen-bond acceptors (Lipinski definition) is 4. The van der Waals surface area contributed by atoms with Crippen LogP contribution in [0.3, 0.4) is 0 Å². The van der Waals surface area contributed by atoms with E-state index in [1.807, 2.05) is 19.1 Å². The molecule has 0 spiro atoms. The number of hydrogen-bond donors (Lipinski definition) is 1. The lowest BCUT2D eigenvalue weighted by Crippen LogP contribution is -2.29. The smallest absolute Gasteiger partial charge is 0.337 e. The van der Waals surface area contributed by atoms with Gasteiger partial charge in [-0.2, -0.15) is 0 Å². The van der Waals surface area contributed by atoms with E-state index in [1.165, 1.54) is 35.5 Å². The van der Waals surface area contributed by atoms with Crippen molar-refractivity contribution in [2.45, 2.75) is 13.0 Å². The van der Waals surface area contributed by atoms with Crippen LogP contribution >= 0.6 is 0 Å². The lowest BCUT2D eigenvalue weighted by Gasteiger charge is -2.25. The Labute approximate surface area is 161 Å². The standard InChI is InChI=1S/C21H18FN3O3/c1-13(14-3-5-23-6-4-14)25(2)20(26)16-7-15(9-19(22)10-16)17-8-18(21(27)28)12-24-11-17/h3-13H,1-2H3,(H,27,28). The van der Waals surface area contributed by atoms with Crippen molar-refractivity contribution >= 4 is 11.9 Å². The second-order valence-electron chi connectivity index (χ2n) is 6.37. The minimum atomic E-state index is -1.13. The number of aromatic carboxylic acids is 1. The van der Waals surface area contributed by atoms with Gasteiger partial charge in [-0.1, -0.05) is 0 Å². The molecule has 0 fully saturated rings. The Hall–Kier alpha value is -3.61. The van der Waals surface area contributed by atoms with Crippen LogP contribution in [0, 0.1) is 5.82 Å². The molecule has 0 radical (unpaired) electrons. The zero-order chi connectivity index (χ0) is 20.3. The number of benzene rings is 1. The van der Waals surface area contributed by atoms with Crippen LogP contribution in [-0.4, -0.2) is 38.9 Å². The first-order chi connectivity index (χ1) is 13.4. The van der Waals surface area contributed by atoms with Crippen LogP contribution in [0.4, 0.5) is 4.39 Å². The number of carboxylic acid groups (broad SMARTS) is 1. The largest absolute Gasteiger partial charge is 0.478 e. The highest BCUT2D eigenvalue weighted by Gasteiger charge is 2.20. The highest BCUT2D eigenvalue weighted by Crippen LogP contribution is 2.25. The van der Waals surface area contributed by atoms with E-state index in [9.17, 15) is 14.0 Å². The molecular formula is C21H18FN3O3. The van der Waals surface area contributed by atoms with Gasteiger partial charge in [0.05, 0.1) is 11.6 Å². The minimum Gasteiger partial charge on any atom is -0.478 e. The summed E-state index contributed by atoms with van der Waals surface area (Å²) in [6, 6.07) is 8.72. The number of pyridine rings is 2. The highest BCUT2D eigenvalue weighted by atomic mass is 19.1. The van der Waals surface area contributed by atoms with Gasteiger partial charge < -0.3 is 10.0 Å². The molecule has 6 nitrogen and oxygen atoms in total. The van der Waals surface area contributed by atoms with Crippen LogP contribution in [-0.2, 0) is 0 Å². The van der Waals surface area contributed by atoms with Gasteiger partial charge in [0.2, 0.25) is 0 Å². The summed E-state index contributed by atoms with van der Waals surface area (Å²) in [7, 11) is 1.64. The van der Waals surface area contributed by atoms with E-state index in [1.54, 1.807) is 19.4 Å². The number of halogens is 1. The van der Waals surface area contributed by atoms with Gasteiger partial charge in [-0.15, -0.1) is 0 Å². The molecule has 1 aromatic carbocycles. The molecular weight excluding hydrogens is 361 g/mol. The highest BCUT2D eigenvalue weighted by molar-refractivity contribution is 5.96. The van der Waals surface area contributed by atoms with Gasteiger partial charge in [0.25, 0.3) is 5.91 Å². The Kier molecular flexibility index (Phi) is 5.44. The van der Waals surface area contributed by atoms with Crippen LogP contribution in [0.5, 0.6) is 0 Å². The van der Waals surface area contributed by atoms with E-state index in [2.05, 4.69) is 9.97 Å². The van der Waals surface area contributed by atoms with Crippen LogP contribution < -0.4 is 0 Å². The number of rotatable bonds is 5. The first kappa shape index (κ1) is 19.2. The summed E-state index contributed by atoms with van der Waals surface area (Å²) < 4.78 is 14.2. The molecule has 142 valence electrons. The molecule has 0 aliphatic carbocycles. The maximum absolute atomic E-state index is 14.2. The molecule has 3 rings (SSSR count). The number of nitrogens with zero attached hydrogens (tertiary/aromatic N) is 3. The van der Waals surface area contributed by atoms with E-state index in [0.29, 0.717) is 11.1 Å². The molecule has 2 heterocycles.